The zero-order chi connectivity index (χ0) is 19.3. The van der Waals surface area contributed by atoms with Crippen LogP contribution in [-0.4, -0.2) is 31.1 Å². The zero-order valence-corrected chi connectivity index (χ0v) is 14.4. The van der Waals surface area contributed by atoms with Crippen LogP contribution in [0.3, 0.4) is 0 Å². The monoisotopic (exact) mass is 376 g/mol. The zero-order valence-electron chi connectivity index (χ0n) is 14.4. The Morgan fingerprint density at radius 2 is 1.86 bits per heavy atom. The molecule has 0 unspecified atom stereocenters. The summed E-state index contributed by atoms with van der Waals surface area (Å²) in [5.41, 5.74) is 1.44. The third kappa shape index (κ3) is 3.83. The number of carbonyl (C=O) groups is 1. The predicted octanol–water partition coefficient (Wildman–Crippen LogP) is 3.24. The predicted molar refractivity (Wildman–Crippen MR) is 97.8 cm³/mol. The Kier molecular flexibility index (Phi) is 4.70. The smallest absolute Gasteiger partial charge is 0.257 e. The van der Waals surface area contributed by atoms with Gasteiger partial charge in [0, 0.05) is 6.07 Å². The number of anilines is 1. The number of tetrazole rings is 1. The third-order valence-corrected chi connectivity index (χ3v) is 3.77. The number of rotatable bonds is 5. The summed E-state index contributed by atoms with van der Waals surface area (Å²) in [5.74, 6) is 0.0974. The fourth-order valence-corrected chi connectivity index (χ4v) is 2.47. The average molecular weight is 376 g/mol. The number of benzene rings is 2. The number of para-hydroxylation sites is 1. The highest BCUT2D eigenvalue weighted by Gasteiger charge is 2.13. The van der Waals surface area contributed by atoms with E-state index in [1.165, 1.54) is 41.5 Å². The molecule has 1 N–H and O–H groups in total. The lowest BCUT2D eigenvalue weighted by atomic mass is 10.1. The van der Waals surface area contributed by atoms with Crippen molar-refractivity contribution >= 4 is 11.6 Å². The Bertz CT molecular complexity index is 1080. The average Bonchev–Trinajstić information content (AvgIpc) is 3.26. The van der Waals surface area contributed by atoms with Gasteiger partial charge in [-0.2, -0.15) is 4.68 Å². The quantitative estimate of drug-likeness (QED) is 0.575. The normalized spacial score (nSPS) is 10.5. The maximum Gasteiger partial charge on any atom is 0.257 e. The van der Waals surface area contributed by atoms with E-state index in [4.69, 9.17) is 4.74 Å². The van der Waals surface area contributed by atoms with Gasteiger partial charge in [0.2, 0.25) is 5.88 Å². The number of ether oxygens (including phenoxy) is 1. The lowest BCUT2D eigenvalue weighted by Crippen LogP contribution is -2.15. The van der Waals surface area contributed by atoms with Crippen molar-refractivity contribution in [3.05, 3.63) is 84.6 Å². The van der Waals surface area contributed by atoms with Gasteiger partial charge in [0.1, 0.15) is 17.9 Å². The van der Waals surface area contributed by atoms with E-state index in [-0.39, 0.29) is 11.7 Å². The summed E-state index contributed by atoms with van der Waals surface area (Å²) in [4.78, 5) is 16.8. The van der Waals surface area contributed by atoms with Crippen LogP contribution < -0.4 is 10.1 Å². The number of nitrogens with one attached hydrogen (secondary N) is 1. The fourth-order valence-electron chi connectivity index (χ4n) is 2.47. The molecular weight excluding hydrogens is 363 g/mol. The molecule has 1 amide bonds. The molecule has 2 heterocycles. The number of hydrogen-bond donors (Lipinski definition) is 1. The third-order valence-electron chi connectivity index (χ3n) is 3.77. The molecule has 2 aromatic carbocycles. The molecule has 2 aromatic heterocycles. The number of amides is 1. The summed E-state index contributed by atoms with van der Waals surface area (Å²) in [6.45, 7) is 0. The molecule has 0 atom stereocenters. The highest BCUT2D eigenvalue weighted by atomic mass is 19.1. The molecule has 4 rings (SSSR count). The summed E-state index contributed by atoms with van der Waals surface area (Å²) in [5, 5.41) is 13.8. The molecule has 0 radical (unpaired) electrons. The molecule has 0 fully saturated rings. The Balaban J connectivity index is 1.48. The van der Waals surface area contributed by atoms with Gasteiger partial charge in [-0.05, 0) is 52.9 Å². The Labute approximate surface area is 158 Å². The Morgan fingerprint density at radius 3 is 2.57 bits per heavy atom. The second-order valence-corrected chi connectivity index (χ2v) is 5.67. The van der Waals surface area contributed by atoms with Gasteiger partial charge in [0.05, 0.1) is 23.1 Å². The number of aromatic nitrogens is 5. The van der Waals surface area contributed by atoms with E-state index in [1.54, 1.807) is 36.4 Å². The van der Waals surface area contributed by atoms with E-state index >= 15 is 0 Å². The van der Waals surface area contributed by atoms with Gasteiger partial charge in [0.15, 0.2) is 0 Å². The molecule has 138 valence electrons. The largest absolute Gasteiger partial charge is 0.439 e. The van der Waals surface area contributed by atoms with Crippen LogP contribution in [0.2, 0.25) is 0 Å². The summed E-state index contributed by atoms with van der Waals surface area (Å²) < 4.78 is 19.9. The molecule has 8 nitrogen and oxygen atoms in total. The maximum absolute atomic E-state index is 12.9. The molecule has 28 heavy (non-hydrogen) atoms. The molecule has 0 bridgehead atoms. The molecule has 0 aliphatic heterocycles. The second kappa shape index (κ2) is 7.62. The van der Waals surface area contributed by atoms with Crippen molar-refractivity contribution in [1.82, 2.24) is 25.2 Å². The van der Waals surface area contributed by atoms with Crippen LogP contribution in [0.1, 0.15) is 10.4 Å². The van der Waals surface area contributed by atoms with E-state index in [1.807, 2.05) is 0 Å². The minimum Gasteiger partial charge on any atom is -0.439 e. The summed E-state index contributed by atoms with van der Waals surface area (Å²) in [6, 6.07) is 15.8. The van der Waals surface area contributed by atoms with E-state index < -0.39 is 0 Å². The van der Waals surface area contributed by atoms with Gasteiger partial charge in [-0.3, -0.25) is 4.79 Å². The van der Waals surface area contributed by atoms with Crippen molar-refractivity contribution in [2.75, 3.05) is 5.32 Å². The standard InChI is InChI=1S/C19H13FN6O2/c20-13-5-8-15(9-6-13)28-18-10-7-14(11-21-18)23-19(27)16-3-1-2-4-17(16)26-12-22-24-25-26/h1-12H,(H,23,27). The number of pyridine rings is 1. The van der Waals surface area contributed by atoms with Crippen molar-refractivity contribution < 1.29 is 13.9 Å². The minimum absolute atomic E-state index is 0.318. The van der Waals surface area contributed by atoms with Crippen molar-refractivity contribution in [2.24, 2.45) is 0 Å². The first kappa shape index (κ1) is 17.3. The molecule has 0 aliphatic carbocycles. The van der Waals surface area contributed by atoms with Gasteiger partial charge in [-0.15, -0.1) is 5.10 Å². The van der Waals surface area contributed by atoms with Crippen LogP contribution in [0.5, 0.6) is 11.6 Å². The maximum atomic E-state index is 12.9. The van der Waals surface area contributed by atoms with Crippen LogP contribution in [0.25, 0.3) is 5.69 Å². The molecule has 0 aliphatic rings. The van der Waals surface area contributed by atoms with Gasteiger partial charge >= 0.3 is 0 Å². The number of hydrogen-bond acceptors (Lipinski definition) is 6. The van der Waals surface area contributed by atoms with E-state index in [2.05, 4.69) is 25.8 Å². The van der Waals surface area contributed by atoms with Gasteiger partial charge < -0.3 is 10.1 Å². The first-order valence-corrected chi connectivity index (χ1v) is 8.22. The highest BCUT2D eigenvalue weighted by molar-refractivity contribution is 6.06. The Hall–Kier alpha value is -4.14. The second-order valence-electron chi connectivity index (χ2n) is 5.67. The molecule has 0 saturated heterocycles. The van der Waals surface area contributed by atoms with Crippen molar-refractivity contribution in [1.29, 1.82) is 0 Å². The van der Waals surface area contributed by atoms with Crippen LogP contribution in [0.15, 0.2) is 73.2 Å². The van der Waals surface area contributed by atoms with E-state index in [9.17, 15) is 9.18 Å². The summed E-state index contributed by atoms with van der Waals surface area (Å²) in [7, 11) is 0. The van der Waals surface area contributed by atoms with Crippen LogP contribution in [0, 0.1) is 5.82 Å². The highest BCUT2D eigenvalue weighted by Crippen LogP contribution is 2.21. The minimum atomic E-state index is -0.347. The van der Waals surface area contributed by atoms with Crippen LogP contribution >= 0.6 is 0 Å². The van der Waals surface area contributed by atoms with Gasteiger partial charge in [0.25, 0.3) is 5.91 Å². The van der Waals surface area contributed by atoms with Crippen molar-refractivity contribution in [2.45, 2.75) is 0 Å². The van der Waals surface area contributed by atoms with Gasteiger partial charge in [-0.25, -0.2) is 9.37 Å². The molecule has 0 saturated carbocycles. The first-order chi connectivity index (χ1) is 13.7. The topological polar surface area (TPSA) is 94.8 Å². The summed E-state index contributed by atoms with van der Waals surface area (Å²) in [6.07, 6.45) is 2.88. The lowest BCUT2D eigenvalue weighted by Gasteiger charge is -2.10. The Morgan fingerprint density at radius 1 is 1.04 bits per heavy atom. The van der Waals surface area contributed by atoms with Crippen LogP contribution in [0.4, 0.5) is 10.1 Å². The molecule has 0 spiro atoms. The van der Waals surface area contributed by atoms with Gasteiger partial charge in [-0.1, -0.05) is 12.1 Å². The van der Waals surface area contributed by atoms with Crippen LogP contribution in [-0.2, 0) is 0 Å². The van der Waals surface area contributed by atoms with Crippen molar-refractivity contribution in [3.8, 4) is 17.3 Å². The number of halogens is 1. The SMILES string of the molecule is O=C(Nc1ccc(Oc2ccc(F)cc2)nc1)c1ccccc1-n1cnnn1. The van der Waals surface area contributed by atoms with E-state index in [0.29, 0.717) is 28.6 Å². The first-order valence-electron chi connectivity index (χ1n) is 8.22. The number of nitrogens with zero attached hydrogens (tertiary/aromatic N) is 5. The van der Waals surface area contributed by atoms with Crippen molar-refractivity contribution in [3.63, 3.8) is 0 Å². The molecule has 9 heteroatoms. The van der Waals surface area contributed by atoms with E-state index in [0.717, 1.165) is 0 Å². The fraction of sp³-hybridized carbons (Fsp3) is 0. The lowest BCUT2D eigenvalue weighted by molar-refractivity contribution is 0.102. The molecular formula is C19H13FN6O2. The summed E-state index contributed by atoms with van der Waals surface area (Å²) >= 11 is 0. The molecule has 4 aromatic rings. The number of carbonyl (C=O) groups excluding carboxylic acids is 1.